The predicted molar refractivity (Wildman–Crippen MR) is 51.5 cm³/mol. The molecular formula is C8H4ClS2. The first-order valence-electron chi connectivity index (χ1n) is 3.07. The molecule has 0 saturated heterocycles. The van der Waals surface area contributed by atoms with Crippen molar-refractivity contribution < 1.29 is 0 Å². The third kappa shape index (κ3) is 1.48. The summed E-state index contributed by atoms with van der Waals surface area (Å²) in [7, 11) is 0. The van der Waals surface area contributed by atoms with Crippen molar-refractivity contribution >= 4 is 34.3 Å². The average Bonchev–Trinajstić information content (AvgIpc) is 2.55. The first-order valence-corrected chi connectivity index (χ1v) is 5.14. The van der Waals surface area contributed by atoms with E-state index in [0.717, 1.165) is 4.34 Å². The van der Waals surface area contributed by atoms with E-state index in [9.17, 15) is 0 Å². The molecule has 0 bridgehead atoms. The Bertz CT molecular complexity index is 335. The lowest BCUT2D eigenvalue weighted by Gasteiger charge is -1.84. The second-order valence-electron chi connectivity index (χ2n) is 2.00. The van der Waals surface area contributed by atoms with Gasteiger partial charge in [0.25, 0.3) is 0 Å². The molecule has 0 aromatic carbocycles. The van der Waals surface area contributed by atoms with Crippen molar-refractivity contribution in [3.63, 3.8) is 0 Å². The summed E-state index contributed by atoms with van der Waals surface area (Å²) in [6.45, 7) is 0. The molecule has 0 spiro atoms. The van der Waals surface area contributed by atoms with Crippen LogP contribution in [0.4, 0.5) is 0 Å². The van der Waals surface area contributed by atoms with Crippen molar-refractivity contribution in [2.24, 2.45) is 0 Å². The summed E-state index contributed by atoms with van der Waals surface area (Å²) < 4.78 is 0.835. The van der Waals surface area contributed by atoms with Crippen LogP contribution in [0, 0.1) is 6.07 Å². The number of halogens is 1. The van der Waals surface area contributed by atoms with Gasteiger partial charge in [0, 0.05) is 10.9 Å². The molecule has 3 heteroatoms. The van der Waals surface area contributed by atoms with E-state index >= 15 is 0 Å². The Morgan fingerprint density at radius 1 is 1.36 bits per heavy atom. The fourth-order valence-electron chi connectivity index (χ4n) is 0.811. The molecule has 2 aromatic rings. The van der Waals surface area contributed by atoms with Gasteiger partial charge in [-0.2, -0.15) is 0 Å². The molecule has 0 aliphatic heterocycles. The Balaban J connectivity index is 2.45. The SMILES string of the molecule is Clc1ccc(-c2[c]ccs2)s1. The molecular weight excluding hydrogens is 196 g/mol. The number of rotatable bonds is 1. The van der Waals surface area contributed by atoms with Gasteiger partial charge in [0.1, 0.15) is 0 Å². The van der Waals surface area contributed by atoms with Gasteiger partial charge >= 0.3 is 0 Å². The van der Waals surface area contributed by atoms with Crippen LogP contribution in [0.3, 0.4) is 0 Å². The second-order valence-corrected chi connectivity index (χ2v) is 4.63. The number of hydrogen-bond acceptors (Lipinski definition) is 2. The molecule has 0 aliphatic carbocycles. The molecule has 2 heterocycles. The molecule has 2 aromatic heterocycles. The topological polar surface area (TPSA) is 0 Å². The standard InChI is InChI=1S/C8H4ClS2/c9-8-4-3-7(11-8)6-2-1-5-10-6/h1,3-5H. The van der Waals surface area contributed by atoms with Crippen molar-refractivity contribution in [2.75, 3.05) is 0 Å². The van der Waals surface area contributed by atoms with Crippen LogP contribution < -0.4 is 0 Å². The zero-order valence-corrected chi connectivity index (χ0v) is 7.89. The fourth-order valence-corrected chi connectivity index (χ4v) is 2.62. The van der Waals surface area contributed by atoms with Crippen molar-refractivity contribution in [3.8, 4) is 9.75 Å². The van der Waals surface area contributed by atoms with E-state index in [2.05, 4.69) is 6.07 Å². The summed E-state index contributed by atoms with van der Waals surface area (Å²) in [5, 5.41) is 2.02. The molecule has 0 saturated carbocycles. The molecule has 11 heavy (non-hydrogen) atoms. The molecule has 0 N–H and O–H groups in total. The second kappa shape index (κ2) is 2.97. The highest BCUT2D eigenvalue weighted by Gasteiger charge is 2.00. The third-order valence-electron chi connectivity index (χ3n) is 1.27. The Kier molecular flexibility index (Phi) is 1.98. The lowest BCUT2D eigenvalue weighted by molar-refractivity contribution is 1.91. The van der Waals surface area contributed by atoms with E-state index in [4.69, 9.17) is 11.6 Å². The molecule has 0 atom stereocenters. The molecule has 0 fully saturated rings. The van der Waals surface area contributed by atoms with E-state index in [1.54, 1.807) is 22.7 Å². The van der Waals surface area contributed by atoms with Gasteiger partial charge < -0.3 is 0 Å². The smallest absolute Gasteiger partial charge is 0.0935 e. The lowest BCUT2D eigenvalue weighted by atomic mass is 10.4. The van der Waals surface area contributed by atoms with Gasteiger partial charge in [0.05, 0.1) is 9.21 Å². The first kappa shape index (κ1) is 7.35. The quantitative estimate of drug-likeness (QED) is 0.653. The Morgan fingerprint density at radius 2 is 2.27 bits per heavy atom. The highest BCUT2D eigenvalue weighted by molar-refractivity contribution is 7.23. The maximum absolute atomic E-state index is 5.79. The molecule has 0 aliphatic rings. The van der Waals surface area contributed by atoms with Crippen LogP contribution in [0.5, 0.6) is 0 Å². The van der Waals surface area contributed by atoms with E-state index in [-0.39, 0.29) is 0 Å². The van der Waals surface area contributed by atoms with Gasteiger partial charge in [0.15, 0.2) is 0 Å². The van der Waals surface area contributed by atoms with Crippen molar-refractivity contribution in [1.82, 2.24) is 0 Å². The van der Waals surface area contributed by atoms with E-state index in [0.29, 0.717) is 0 Å². The minimum Gasteiger partial charge on any atom is -0.142 e. The minimum absolute atomic E-state index is 0.835. The maximum atomic E-state index is 5.79. The van der Waals surface area contributed by atoms with Crippen molar-refractivity contribution in [3.05, 3.63) is 34.0 Å². The van der Waals surface area contributed by atoms with E-state index < -0.39 is 0 Å². The van der Waals surface area contributed by atoms with Crippen LogP contribution >= 0.6 is 34.3 Å². The third-order valence-corrected chi connectivity index (χ3v) is 3.49. The molecule has 2 rings (SSSR count). The Morgan fingerprint density at radius 3 is 2.82 bits per heavy atom. The van der Waals surface area contributed by atoms with Crippen LogP contribution in [-0.2, 0) is 0 Å². The van der Waals surface area contributed by atoms with Crippen LogP contribution in [0.15, 0.2) is 23.6 Å². The first-order chi connectivity index (χ1) is 5.36. The molecule has 0 amide bonds. The van der Waals surface area contributed by atoms with Gasteiger partial charge in [-0.25, -0.2) is 0 Å². The molecule has 55 valence electrons. The summed E-state index contributed by atoms with van der Waals surface area (Å²) in [5.41, 5.74) is 0. The van der Waals surface area contributed by atoms with Crippen molar-refractivity contribution in [1.29, 1.82) is 0 Å². The van der Waals surface area contributed by atoms with Crippen molar-refractivity contribution in [2.45, 2.75) is 0 Å². The van der Waals surface area contributed by atoms with Gasteiger partial charge in [-0.1, -0.05) is 11.6 Å². The van der Waals surface area contributed by atoms with Crippen LogP contribution in [0.2, 0.25) is 4.34 Å². The zero-order valence-electron chi connectivity index (χ0n) is 5.50. The summed E-state index contributed by atoms with van der Waals surface area (Å²) in [6.07, 6.45) is 0. The highest BCUT2D eigenvalue weighted by Crippen LogP contribution is 2.33. The summed E-state index contributed by atoms with van der Waals surface area (Å²) in [6, 6.07) is 9.00. The number of hydrogen-bond donors (Lipinski definition) is 0. The van der Waals surface area contributed by atoms with Crippen LogP contribution in [0.1, 0.15) is 0 Å². The fraction of sp³-hybridized carbons (Fsp3) is 0. The van der Waals surface area contributed by atoms with Crippen LogP contribution in [0.25, 0.3) is 9.75 Å². The lowest BCUT2D eigenvalue weighted by Crippen LogP contribution is -1.56. The normalized spacial score (nSPS) is 10.3. The molecule has 1 radical (unpaired) electrons. The van der Waals surface area contributed by atoms with Gasteiger partial charge in [0.2, 0.25) is 0 Å². The van der Waals surface area contributed by atoms with Crippen LogP contribution in [-0.4, -0.2) is 0 Å². The van der Waals surface area contributed by atoms with Gasteiger partial charge in [-0.3, -0.25) is 0 Å². The Labute approximate surface area is 78.1 Å². The largest absolute Gasteiger partial charge is 0.142 e. The summed E-state index contributed by atoms with van der Waals surface area (Å²) in [5.74, 6) is 0. The predicted octanol–water partition coefficient (Wildman–Crippen LogP) is 3.93. The molecule has 0 nitrogen and oxygen atoms in total. The van der Waals surface area contributed by atoms with E-state index in [1.165, 1.54) is 9.75 Å². The zero-order chi connectivity index (χ0) is 7.68. The highest BCUT2D eigenvalue weighted by atomic mass is 35.5. The summed E-state index contributed by atoms with van der Waals surface area (Å²) >= 11 is 9.06. The Hall–Kier alpha value is -0.310. The van der Waals surface area contributed by atoms with E-state index in [1.807, 2.05) is 23.6 Å². The maximum Gasteiger partial charge on any atom is 0.0935 e. The number of thiophene rings is 2. The average molecular weight is 200 g/mol. The van der Waals surface area contributed by atoms with Gasteiger partial charge in [-0.15, -0.1) is 22.7 Å². The summed E-state index contributed by atoms with van der Waals surface area (Å²) in [4.78, 5) is 2.37. The monoisotopic (exact) mass is 199 g/mol. The minimum atomic E-state index is 0.835. The molecule has 0 unspecified atom stereocenters. The van der Waals surface area contributed by atoms with Gasteiger partial charge in [-0.05, 0) is 23.6 Å².